The molecule has 2 aliphatic heterocycles. The number of nitrogens with zero attached hydrogens (tertiary/aromatic N) is 2. The molecule has 41 heavy (non-hydrogen) atoms. The number of anilines is 1. The van der Waals surface area contributed by atoms with Crippen LogP contribution in [0.25, 0.3) is 0 Å². The molecule has 2 fully saturated rings. The number of sulfone groups is 1. The van der Waals surface area contributed by atoms with Crippen LogP contribution in [0, 0.1) is 0 Å². The average Bonchev–Trinajstić information content (AvgIpc) is 3.43. The van der Waals surface area contributed by atoms with E-state index < -0.39 is 27.9 Å². The molecule has 0 spiro atoms. The number of nitrogen functional groups attached to an aromatic ring is 1. The van der Waals surface area contributed by atoms with Crippen LogP contribution in [0.1, 0.15) is 54.1 Å². The highest BCUT2D eigenvalue weighted by atomic mass is 35.5. The van der Waals surface area contributed by atoms with E-state index in [-0.39, 0.29) is 51.1 Å². The summed E-state index contributed by atoms with van der Waals surface area (Å²) in [4.78, 5) is 15.6. The van der Waals surface area contributed by atoms with Gasteiger partial charge in [0.15, 0.2) is 9.84 Å². The molecule has 1 amide bonds. The minimum absolute atomic E-state index is 0.00178. The maximum atomic E-state index is 13.4. The fourth-order valence-electron chi connectivity index (χ4n) is 5.82. The normalized spacial score (nSPS) is 22.0. The number of piperidine rings is 1. The Bertz CT molecular complexity index is 1370. The van der Waals surface area contributed by atoms with E-state index in [9.17, 15) is 26.4 Å². The van der Waals surface area contributed by atoms with E-state index in [0.717, 1.165) is 45.1 Å². The summed E-state index contributed by atoms with van der Waals surface area (Å²) in [6.07, 6.45) is -0.636. The fourth-order valence-corrected chi connectivity index (χ4v) is 7.13. The molecule has 0 atom stereocenters. The van der Waals surface area contributed by atoms with Crippen LogP contribution in [0.3, 0.4) is 0 Å². The topological polar surface area (TPSA) is 102 Å². The minimum atomic E-state index is -4.97. The molecule has 2 saturated heterocycles. The van der Waals surface area contributed by atoms with Crippen LogP contribution >= 0.6 is 11.6 Å². The molecule has 2 aliphatic rings. The number of benzene rings is 2. The van der Waals surface area contributed by atoms with Crippen LogP contribution in [0.4, 0.5) is 18.9 Å². The second-order valence-corrected chi connectivity index (χ2v) is 13.8. The Balaban J connectivity index is 1.54. The van der Waals surface area contributed by atoms with Crippen molar-refractivity contribution in [3.63, 3.8) is 0 Å². The lowest BCUT2D eigenvalue weighted by Gasteiger charge is -2.43. The highest BCUT2D eigenvalue weighted by Gasteiger charge is 2.37. The number of carbonyl (C=O) groups is 1. The lowest BCUT2D eigenvalue weighted by Crippen LogP contribution is -2.53. The van der Waals surface area contributed by atoms with E-state index in [1.807, 2.05) is 7.05 Å². The third kappa shape index (κ3) is 7.85. The van der Waals surface area contributed by atoms with Gasteiger partial charge in [-0.1, -0.05) is 18.5 Å². The van der Waals surface area contributed by atoms with Crippen molar-refractivity contribution < 1.29 is 35.6 Å². The molecule has 0 unspecified atom stereocenters. The highest BCUT2D eigenvalue weighted by Crippen LogP contribution is 2.34. The monoisotopic (exact) mass is 617 g/mol. The molecule has 13 heteroatoms. The molecule has 4 rings (SSSR count). The number of hydrogen-bond acceptors (Lipinski definition) is 6. The molecule has 2 aromatic rings. The lowest BCUT2D eigenvalue weighted by molar-refractivity contribution is -0.927. The van der Waals surface area contributed by atoms with Gasteiger partial charge in [-0.05, 0) is 61.8 Å². The van der Waals surface area contributed by atoms with E-state index in [4.69, 9.17) is 17.3 Å². The van der Waals surface area contributed by atoms with Crippen LogP contribution in [-0.4, -0.2) is 75.1 Å². The summed E-state index contributed by atoms with van der Waals surface area (Å²) in [5.74, 6) is -1.40. The summed E-state index contributed by atoms with van der Waals surface area (Å²) in [7, 11) is -1.60. The van der Waals surface area contributed by atoms with Crippen LogP contribution in [0.5, 0.6) is 5.75 Å². The number of carbonyl (C=O) groups excluding carboxylic acids is 1. The molecule has 226 valence electrons. The Kier molecular flexibility index (Phi) is 9.47. The summed E-state index contributed by atoms with van der Waals surface area (Å²) in [5, 5.41) is 2.84. The van der Waals surface area contributed by atoms with E-state index in [1.165, 1.54) is 44.0 Å². The number of nitrogens with one attached hydrogen (secondary N) is 1. The van der Waals surface area contributed by atoms with Gasteiger partial charge >= 0.3 is 6.36 Å². The van der Waals surface area contributed by atoms with Gasteiger partial charge in [0.05, 0.1) is 41.9 Å². The van der Waals surface area contributed by atoms with Gasteiger partial charge in [-0.25, -0.2) is 8.42 Å². The number of rotatable bonds is 9. The number of likely N-dealkylation sites (tertiary alicyclic amines) is 2. The number of ether oxygens (including phenoxy) is 1. The number of quaternary nitrogens is 1. The van der Waals surface area contributed by atoms with Gasteiger partial charge in [-0.3, -0.25) is 9.69 Å². The van der Waals surface area contributed by atoms with Gasteiger partial charge in [0.2, 0.25) is 0 Å². The van der Waals surface area contributed by atoms with Gasteiger partial charge < -0.3 is 20.3 Å². The maximum Gasteiger partial charge on any atom is 0.573 e. The third-order valence-electron chi connectivity index (χ3n) is 8.09. The molecule has 0 radical (unpaired) electrons. The smallest absolute Gasteiger partial charge is 0.405 e. The average molecular weight is 618 g/mol. The van der Waals surface area contributed by atoms with Crippen molar-refractivity contribution in [3.05, 3.63) is 52.0 Å². The Morgan fingerprint density at radius 3 is 2.41 bits per heavy atom. The fraction of sp³-hybridized carbons (Fsp3) is 0.536. The quantitative estimate of drug-likeness (QED) is 0.311. The Labute approximate surface area is 244 Å². The van der Waals surface area contributed by atoms with Crippen LogP contribution < -0.4 is 15.8 Å². The molecular weight excluding hydrogens is 581 g/mol. The molecule has 0 aromatic heterocycles. The van der Waals surface area contributed by atoms with Crippen molar-refractivity contribution in [3.8, 4) is 5.75 Å². The Morgan fingerprint density at radius 1 is 1.15 bits per heavy atom. The van der Waals surface area contributed by atoms with E-state index in [0.29, 0.717) is 10.5 Å². The van der Waals surface area contributed by atoms with Crippen molar-refractivity contribution in [1.82, 2.24) is 10.2 Å². The molecule has 0 aliphatic carbocycles. The Morgan fingerprint density at radius 2 is 1.80 bits per heavy atom. The molecule has 2 aromatic carbocycles. The van der Waals surface area contributed by atoms with E-state index in [2.05, 4.69) is 15.0 Å². The van der Waals surface area contributed by atoms with Crippen molar-refractivity contribution in [1.29, 1.82) is 0 Å². The van der Waals surface area contributed by atoms with Gasteiger partial charge in [-0.2, -0.15) is 0 Å². The zero-order valence-electron chi connectivity index (χ0n) is 23.3. The first-order valence-electron chi connectivity index (χ1n) is 13.7. The number of halogens is 4. The molecule has 3 N–H and O–H groups in total. The maximum absolute atomic E-state index is 13.4. The first-order chi connectivity index (χ1) is 19.2. The molecule has 0 bridgehead atoms. The Hall–Kier alpha value is -2.54. The van der Waals surface area contributed by atoms with Crippen LogP contribution in [0.2, 0.25) is 5.02 Å². The standard InChI is InChI=1S/C28H36ClF3N4O4S/c1-3-41(38,39)26-7-6-21(29)14-19(26)17-34-27(37)23-16-25(40-28(30,31)32)20(15-24(23)33)18-36(2)12-8-22(9-13-36)35-10-4-5-11-35/h6-7,14-16,22H,3-5,8-13,17-18H2,1-2H3,(H2-,33,34,37)/p+1. The number of hydrogen-bond donors (Lipinski definition) is 2. The predicted molar refractivity (Wildman–Crippen MR) is 151 cm³/mol. The van der Waals surface area contributed by atoms with Gasteiger partial charge in [0.25, 0.3) is 5.91 Å². The summed E-state index contributed by atoms with van der Waals surface area (Å²) >= 11 is 6.05. The molecular formula is C28H37ClF3N4O4S+. The number of alkyl halides is 3. The van der Waals surface area contributed by atoms with Crippen LogP contribution in [0.15, 0.2) is 35.2 Å². The number of amides is 1. The van der Waals surface area contributed by atoms with Crippen molar-refractivity contribution in [2.75, 3.05) is 44.7 Å². The zero-order valence-corrected chi connectivity index (χ0v) is 24.8. The number of nitrogens with two attached hydrogens (primary N) is 1. The summed E-state index contributed by atoms with van der Waals surface area (Å²) in [6.45, 7) is 5.35. The second kappa shape index (κ2) is 12.4. The van der Waals surface area contributed by atoms with E-state index in [1.54, 1.807) is 0 Å². The SMILES string of the molecule is CCS(=O)(=O)c1ccc(Cl)cc1CNC(=O)c1cc(OC(F)(F)F)c(C[N+]2(C)CCC(N3CCCC3)CC2)cc1N. The van der Waals surface area contributed by atoms with Crippen molar-refractivity contribution in [2.45, 2.75) is 63.0 Å². The van der Waals surface area contributed by atoms with Gasteiger partial charge in [0.1, 0.15) is 12.3 Å². The summed E-state index contributed by atoms with van der Waals surface area (Å²) in [5.41, 5.74) is 6.51. The summed E-state index contributed by atoms with van der Waals surface area (Å²) in [6, 6.07) is 7.10. The van der Waals surface area contributed by atoms with Gasteiger partial charge in [-0.15, -0.1) is 13.2 Å². The third-order valence-corrected chi connectivity index (χ3v) is 10.2. The molecule has 2 heterocycles. The van der Waals surface area contributed by atoms with Gasteiger partial charge in [0, 0.05) is 36.1 Å². The minimum Gasteiger partial charge on any atom is -0.405 e. The largest absolute Gasteiger partial charge is 0.573 e. The van der Waals surface area contributed by atoms with E-state index >= 15 is 0 Å². The first kappa shape index (κ1) is 31.4. The summed E-state index contributed by atoms with van der Waals surface area (Å²) < 4.78 is 70.1. The lowest BCUT2D eigenvalue weighted by atomic mass is 9.99. The first-order valence-corrected chi connectivity index (χ1v) is 15.8. The molecule has 0 saturated carbocycles. The van der Waals surface area contributed by atoms with Crippen molar-refractivity contribution in [2.24, 2.45) is 0 Å². The zero-order chi connectivity index (χ0) is 30.0. The highest BCUT2D eigenvalue weighted by molar-refractivity contribution is 7.91. The van der Waals surface area contributed by atoms with Crippen molar-refractivity contribution >= 4 is 33.0 Å². The second-order valence-electron chi connectivity index (χ2n) is 11.1. The van der Waals surface area contributed by atoms with Crippen LogP contribution in [-0.2, 0) is 22.9 Å². The molecule has 8 nitrogen and oxygen atoms in total. The predicted octanol–water partition coefficient (Wildman–Crippen LogP) is 4.75.